The highest BCUT2D eigenvalue weighted by Gasteiger charge is 2.25. The lowest BCUT2D eigenvalue weighted by Gasteiger charge is -2.18. The molecule has 0 bridgehead atoms. The molecule has 0 unspecified atom stereocenters. The normalized spacial score (nSPS) is 9.62. The third-order valence-electron chi connectivity index (χ3n) is 3.39. The summed E-state index contributed by atoms with van der Waals surface area (Å²) < 4.78 is 10.9. The van der Waals surface area contributed by atoms with Crippen molar-refractivity contribution in [3.63, 3.8) is 0 Å². The number of rotatable bonds is 7. The number of hydrogen-bond donors (Lipinski definition) is 2. The van der Waals surface area contributed by atoms with E-state index in [4.69, 9.17) is 22.3 Å². The Balaban J connectivity index is 2.85. The summed E-state index contributed by atoms with van der Waals surface area (Å²) >= 11 is 0. The molecule has 0 aliphatic carbocycles. The molecule has 0 aromatic heterocycles. The van der Waals surface area contributed by atoms with Gasteiger partial charge < -0.3 is 19.7 Å². The maximum absolute atomic E-state index is 11.7. The summed E-state index contributed by atoms with van der Waals surface area (Å²) in [4.78, 5) is 23.4. The third kappa shape index (κ3) is 3.77. The molecule has 0 aliphatic rings. The van der Waals surface area contributed by atoms with Gasteiger partial charge in [-0.25, -0.2) is 9.59 Å². The van der Waals surface area contributed by atoms with Crippen molar-refractivity contribution in [2.75, 3.05) is 13.2 Å². The fourth-order valence-corrected chi connectivity index (χ4v) is 2.41. The first-order valence-electron chi connectivity index (χ1n) is 7.36. The molecule has 0 aliphatic heterocycles. The lowest BCUT2D eigenvalue weighted by molar-refractivity contribution is 0.0684. The molecule has 0 saturated carbocycles. The van der Waals surface area contributed by atoms with E-state index in [1.807, 2.05) is 0 Å². The number of hydrogen-bond acceptors (Lipinski definition) is 4. The van der Waals surface area contributed by atoms with Crippen LogP contribution in [0.2, 0.25) is 0 Å². The molecule has 2 aromatic carbocycles. The Bertz CT molecular complexity index is 853. The molecule has 0 radical (unpaired) electrons. The smallest absolute Gasteiger partial charge is 0.336 e. The summed E-state index contributed by atoms with van der Waals surface area (Å²) in [6.07, 6.45) is 10.4. The lowest BCUT2D eigenvalue weighted by Crippen LogP contribution is -2.09. The van der Waals surface area contributed by atoms with E-state index < -0.39 is 11.9 Å². The van der Waals surface area contributed by atoms with Crippen LogP contribution in [0.3, 0.4) is 0 Å². The standard InChI is InChI=1S/C20H14O6/c1-3-11-25-15-9-5-7-13(19(21)22)17(15)18-14(20(23)24)8-6-10-16(18)26-12-4-2/h1-2,5-10H,11-12H2,(H,21,22)(H,23,24). The molecule has 0 spiro atoms. The molecule has 130 valence electrons. The van der Waals surface area contributed by atoms with Crippen LogP contribution in [0.5, 0.6) is 11.5 Å². The van der Waals surface area contributed by atoms with Gasteiger partial charge in [0.2, 0.25) is 0 Å². The summed E-state index contributed by atoms with van der Waals surface area (Å²) in [5.41, 5.74) is -0.196. The number of ether oxygens (including phenoxy) is 2. The molecule has 0 atom stereocenters. The Hall–Kier alpha value is -3.90. The molecular formula is C20H14O6. The van der Waals surface area contributed by atoms with Crippen molar-refractivity contribution >= 4 is 11.9 Å². The maximum atomic E-state index is 11.7. The van der Waals surface area contributed by atoms with Crippen molar-refractivity contribution < 1.29 is 29.3 Å². The van der Waals surface area contributed by atoms with E-state index in [2.05, 4.69) is 11.8 Å². The van der Waals surface area contributed by atoms with Crippen LogP contribution >= 0.6 is 0 Å². The second kappa shape index (κ2) is 8.27. The number of carboxylic acids is 2. The average molecular weight is 350 g/mol. The van der Waals surface area contributed by atoms with Crippen molar-refractivity contribution in [1.29, 1.82) is 0 Å². The Kier molecular flexibility index (Phi) is 5.87. The summed E-state index contributed by atoms with van der Waals surface area (Å²) in [6.45, 7) is -0.238. The van der Waals surface area contributed by atoms with Crippen molar-refractivity contribution in [2.24, 2.45) is 0 Å². The zero-order valence-electron chi connectivity index (χ0n) is 13.6. The van der Waals surface area contributed by atoms with Crippen molar-refractivity contribution in [1.82, 2.24) is 0 Å². The number of carboxylic acid groups (broad SMARTS) is 2. The van der Waals surface area contributed by atoms with Crippen molar-refractivity contribution in [3.8, 4) is 47.3 Å². The van der Waals surface area contributed by atoms with Crippen LogP contribution in [-0.4, -0.2) is 35.4 Å². The van der Waals surface area contributed by atoms with Crippen LogP contribution in [0.4, 0.5) is 0 Å². The Morgan fingerprint density at radius 1 is 0.808 bits per heavy atom. The maximum Gasteiger partial charge on any atom is 0.336 e. The van der Waals surface area contributed by atoms with Gasteiger partial charge in [-0.3, -0.25) is 0 Å². The fraction of sp³-hybridized carbons (Fsp3) is 0.100. The molecule has 2 rings (SSSR count). The van der Waals surface area contributed by atoms with Gasteiger partial charge in [0.1, 0.15) is 24.7 Å². The van der Waals surface area contributed by atoms with Gasteiger partial charge in [-0.05, 0) is 24.3 Å². The highest BCUT2D eigenvalue weighted by molar-refractivity contribution is 6.05. The number of benzene rings is 2. The fourth-order valence-electron chi connectivity index (χ4n) is 2.41. The first-order valence-corrected chi connectivity index (χ1v) is 7.36. The summed E-state index contributed by atoms with van der Waals surface area (Å²) in [7, 11) is 0. The monoisotopic (exact) mass is 350 g/mol. The Morgan fingerprint density at radius 3 is 1.50 bits per heavy atom. The SMILES string of the molecule is C#CCOc1cccc(C(=O)O)c1-c1c(OCC#C)cccc1C(=O)O. The third-order valence-corrected chi connectivity index (χ3v) is 3.39. The highest BCUT2D eigenvalue weighted by Crippen LogP contribution is 2.41. The molecule has 0 saturated heterocycles. The minimum atomic E-state index is -1.26. The van der Waals surface area contributed by atoms with Crippen molar-refractivity contribution in [2.45, 2.75) is 0 Å². The van der Waals surface area contributed by atoms with E-state index in [1.54, 1.807) is 0 Å². The Labute approximate surface area is 150 Å². The van der Waals surface area contributed by atoms with Gasteiger partial charge in [0.05, 0.1) is 11.1 Å². The van der Waals surface area contributed by atoms with Crippen LogP contribution in [0.25, 0.3) is 11.1 Å². The summed E-state index contributed by atoms with van der Waals surface area (Å²) in [5.74, 6) is 2.32. The predicted molar refractivity (Wildman–Crippen MR) is 94.5 cm³/mol. The van der Waals surface area contributed by atoms with Crippen LogP contribution in [0.1, 0.15) is 20.7 Å². The summed E-state index contributed by atoms with van der Waals surface area (Å²) in [5, 5.41) is 19.1. The quantitative estimate of drug-likeness (QED) is 0.746. The van der Waals surface area contributed by atoms with Gasteiger partial charge in [-0.1, -0.05) is 24.0 Å². The zero-order chi connectivity index (χ0) is 19.1. The molecule has 26 heavy (non-hydrogen) atoms. The van der Waals surface area contributed by atoms with Crippen molar-refractivity contribution in [3.05, 3.63) is 47.5 Å². The van der Waals surface area contributed by atoms with E-state index in [0.29, 0.717) is 0 Å². The highest BCUT2D eigenvalue weighted by atomic mass is 16.5. The van der Waals surface area contributed by atoms with Crippen LogP contribution in [0, 0.1) is 24.7 Å². The molecule has 0 amide bonds. The van der Waals surface area contributed by atoms with Gasteiger partial charge in [-0.15, -0.1) is 12.8 Å². The van der Waals surface area contributed by atoms with Gasteiger partial charge in [0.15, 0.2) is 0 Å². The van der Waals surface area contributed by atoms with Gasteiger partial charge in [0, 0.05) is 11.1 Å². The molecule has 6 nitrogen and oxygen atoms in total. The van der Waals surface area contributed by atoms with Gasteiger partial charge in [0.25, 0.3) is 0 Å². The van der Waals surface area contributed by atoms with E-state index in [-0.39, 0.29) is 47.0 Å². The minimum absolute atomic E-state index is 0.0558. The minimum Gasteiger partial charge on any atom is -0.480 e. The van der Waals surface area contributed by atoms with Gasteiger partial charge in [-0.2, -0.15) is 0 Å². The molecule has 0 heterocycles. The van der Waals surface area contributed by atoms with E-state index in [9.17, 15) is 19.8 Å². The second-order valence-electron chi connectivity index (χ2n) is 4.95. The molecule has 6 heteroatoms. The van der Waals surface area contributed by atoms with E-state index in [0.717, 1.165) is 0 Å². The molecule has 2 aromatic rings. The van der Waals surface area contributed by atoms with E-state index in [1.165, 1.54) is 36.4 Å². The zero-order valence-corrected chi connectivity index (χ0v) is 13.6. The summed E-state index contributed by atoms with van der Waals surface area (Å²) in [6, 6.07) is 8.63. The predicted octanol–water partition coefficient (Wildman–Crippen LogP) is 2.77. The van der Waals surface area contributed by atoms with Gasteiger partial charge >= 0.3 is 11.9 Å². The largest absolute Gasteiger partial charge is 0.480 e. The first-order chi connectivity index (χ1) is 12.5. The van der Waals surface area contributed by atoms with Crippen LogP contribution in [-0.2, 0) is 0 Å². The average Bonchev–Trinajstić information content (AvgIpc) is 2.63. The van der Waals surface area contributed by atoms with E-state index >= 15 is 0 Å². The molecule has 2 N–H and O–H groups in total. The Morgan fingerprint density at radius 2 is 1.19 bits per heavy atom. The van der Waals surface area contributed by atoms with Crippen LogP contribution < -0.4 is 9.47 Å². The lowest BCUT2D eigenvalue weighted by atomic mass is 9.93. The molecular weight excluding hydrogens is 336 g/mol. The topological polar surface area (TPSA) is 93.1 Å². The first kappa shape index (κ1) is 18.4. The van der Waals surface area contributed by atoms with Crippen LogP contribution in [0.15, 0.2) is 36.4 Å². The number of terminal acetylenes is 2. The molecule has 0 fully saturated rings. The number of aromatic carboxylic acids is 2. The second-order valence-corrected chi connectivity index (χ2v) is 4.95. The number of carbonyl (C=O) groups is 2.